The van der Waals surface area contributed by atoms with Crippen molar-refractivity contribution in [2.24, 2.45) is 0 Å². The van der Waals surface area contributed by atoms with Crippen LogP contribution in [0.1, 0.15) is 42.6 Å². The molecule has 0 aliphatic heterocycles. The van der Waals surface area contributed by atoms with Crippen molar-refractivity contribution in [1.29, 1.82) is 0 Å². The van der Waals surface area contributed by atoms with Crippen molar-refractivity contribution in [2.75, 3.05) is 32.2 Å². The second kappa shape index (κ2) is 10.7. The van der Waals surface area contributed by atoms with Crippen molar-refractivity contribution in [3.8, 4) is 5.75 Å². The summed E-state index contributed by atoms with van der Waals surface area (Å²) in [7, 11) is -2.18. The first-order chi connectivity index (χ1) is 15.5. The maximum Gasteiger partial charge on any atom is 0.358 e. The molecule has 8 nitrogen and oxygen atoms in total. The molecule has 0 bridgehead atoms. The summed E-state index contributed by atoms with van der Waals surface area (Å²) in [5.74, 6) is -0.794. The van der Waals surface area contributed by atoms with Gasteiger partial charge in [0.1, 0.15) is 5.75 Å². The van der Waals surface area contributed by atoms with E-state index < -0.39 is 19.3 Å². The van der Waals surface area contributed by atoms with Crippen molar-refractivity contribution in [2.45, 2.75) is 26.6 Å². The zero-order valence-corrected chi connectivity index (χ0v) is 19.6. The molecule has 1 unspecified atom stereocenters. The molecule has 172 valence electrons. The number of methoxy groups -OCH3 is 1. The Hall–Kier alpha value is -2.80. The Bertz CT molecular complexity index is 1090. The number of carbonyl (C=O) groups is 1. The van der Waals surface area contributed by atoms with Crippen LogP contribution in [0.4, 0.5) is 5.69 Å². The molecular formula is C23H29N2O6P. The van der Waals surface area contributed by atoms with E-state index >= 15 is 0 Å². The van der Waals surface area contributed by atoms with Gasteiger partial charge in [-0.3, -0.25) is 4.57 Å². The van der Waals surface area contributed by atoms with Crippen LogP contribution >= 0.6 is 7.60 Å². The van der Waals surface area contributed by atoms with Gasteiger partial charge in [-0.25, -0.2) is 4.79 Å². The van der Waals surface area contributed by atoms with Crippen LogP contribution in [0.5, 0.6) is 5.75 Å². The molecule has 0 radical (unpaired) electrons. The lowest BCUT2D eigenvalue weighted by Crippen LogP contribution is -2.20. The Labute approximate surface area is 188 Å². The topological polar surface area (TPSA) is 87.5 Å². The fourth-order valence-electron chi connectivity index (χ4n) is 3.48. The van der Waals surface area contributed by atoms with Crippen LogP contribution in [-0.2, 0) is 18.3 Å². The predicted octanol–water partition coefficient (Wildman–Crippen LogP) is 5.50. The van der Waals surface area contributed by atoms with E-state index in [1.165, 1.54) is 0 Å². The smallest absolute Gasteiger partial charge is 0.358 e. The van der Waals surface area contributed by atoms with Gasteiger partial charge >= 0.3 is 13.6 Å². The number of nitrogens with zero attached hydrogens (tertiary/aromatic N) is 1. The van der Waals surface area contributed by atoms with Crippen molar-refractivity contribution < 1.29 is 27.9 Å². The number of esters is 1. The maximum absolute atomic E-state index is 14.0. The van der Waals surface area contributed by atoms with Crippen molar-refractivity contribution >= 4 is 24.8 Å². The summed E-state index contributed by atoms with van der Waals surface area (Å²) < 4.78 is 37.7. The first-order valence-electron chi connectivity index (χ1n) is 10.5. The predicted molar refractivity (Wildman–Crippen MR) is 124 cm³/mol. The molecule has 0 aliphatic rings. The zero-order chi connectivity index (χ0) is 23.1. The second-order valence-electron chi connectivity index (χ2n) is 6.81. The largest absolute Gasteiger partial charge is 0.497 e. The minimum absolute atomic E-state index is 0.177. The van der Waals surface area contributed by atoms with Gasteiger partial charge in [0.15, 0.2) is 5.78 Å². The number of aromatic nitrogens is 1. The van der Waals surface area contributed by atoms with Gasteiger partial charge in [0, 0.05) is 17.4 Å². The molecule has 0 spiro atoms. The van der Waals surface area contributed by atoms with Gasteiger partial charge in [0.2, 0.25) is 0 Å². The summed E-state index contributed by atoms with van der Waals surface area (Å²) in [5.41, 5.74) is 2.16. The third-order valence-corrected chi connectivity index (χ3v) is 7.04. The molecule has 3 aromatic rings. The molecule has 32 heavy (non-hydrogen) atoms. The minimum atomic E-state index is -3.76. The molecule has 0 saturated carbocycles. The van der Waals surface area contributed by atoms with Crippen LogP contribution in [0.3, 0.4) is 0 Å². The fraction of sp³-hybridized carbons (Fsp3) is 0.348. The summed E-state index contributed by atoms with van der Waals surface area (Å²) >= 11 is 0. The van der Waals surface area contributed by atoms with Crippen molar-refractivity contribution in [3.63, 3.8) is 0 Å². The monoisotopic (exact) mass is 460 g/mol. The molecule has 1 atom stereocenters. The molecule has 3 rings (SSSR count). The molecule has 0 fully saturated rings. The lowest BCUT2D eigenvalue weighted by molar-refractivity contribution is 0.0525. The van der Waals surface area contributed by atoms with Crippen LogP contribution in [0.15, 0.2) is 54.7 Å². The van der Waals surface area contributed by atoms with E-state index in [4.69, 9.17) is 18.5 Å². The Morgan fingerprint density at radius 2 is 1.72 bits per heavy atom. The van der Waals surface area contributed by atoms with Gasteiger partial charge in [-0.15, -0.1) is 0 Å². The first-order valence-corrected chi connectivity index (χ1v) is 12.1. The van der Waals surface area contributed by atoms with Crippen LogP contribution in [0, 0.1) is 0 Å². The fourth-order valence-corrected chi connectivity index (χ4v) is 5.45. The van der Waals surface area contributed by atoms with E-state index in [1.54, 1.807) is 68.8 Å². The van der Waals surface area contributed by atoms with Gasteiger partial charge < -0.3 is 28.2 Å². The highest BCUT2D eigenvalue weighted by Gasteiger charge is 2.41. The highest BCUT2D eigenvalue weighted by molar-refractivity contribution is 7.54. The highest BCUT2D eigenvalue weighted by atomic mass is 31.2. The minimum Gasteiger partial charge on any atom is -0.497 e. The van der Waals surface area contributed by atoms with E-state index in [0.29, 0.717) is 22.7 Å². The average Bonchev–Trinajstić information content (AvgIpc) is 3.17. The number of nitrogens with one attached hydrogen (secondary N) is 1. The third kappa shape index (κ3) is 4.99. The van der Waals surface area contributed by atoms with Gasteiger partial charge in [0.05, 0.1) is 38.2 Å². The van der Waals surface area contributed by atoms with Crippen LogP contribution in [0.25, 0.3) is 5.52 Å². The molecular weight excluding hydrogens is 431 g/mol. The quantitative estimate of drug-likeness (QED) is 0.299. The summed E-state index contributed by atoms with van der Waals surface area (Å²) in [6.45, 7) is 5.81. The standard InChI is InChI=1S/C23H29N2O6P/c1-5-29-23(26)20-16-18-10-8-9-15-25(18)21(20)22(32(27,30-6-2)31-7-3)24-17-11-13-19(28-4)14-12-17/h8-16,22,24H,5-7H2,1-4H3. The van der Waals surface area contributed by atoms with E-state index in [0.717, 1.165) is 5.52 Å². The number of anilines is 1. The number of fused-ring (bicyclic) bond motifs is 1. The number of benzene rings is 1. The molecule has 1 aromatic carbocycles. The van der Waals surface area contributed by atoms with Crippen LogP contribution < -0.4 is 10.1 Å². The molecule has 0 amide bonds. The van der Waals surface area contributed by atoms with E-state index in [2.05, 4.69) is 5.32 Å². The van der Waals surface area contributed by atoms with Gasteiger partial charge in [0.25, 0.3) is 0 Å². The Kier molecular flexibility index (Phi) is 7.96. The molecule has 2 heterocycles. The third-order valence-electron chi connectivity index (χ3n) is 4.80. The number of ether oxygens (including phenoxy) is 2. The lowest BCUT2D eigenvalue weighted by atomic mass is 10.2. The van der Waals surface area contributed by atoms with Gasteiger partial charge in [-0.05, 0) is 63.2 Å². The SMILES string of the molecule is CCOC(=O)c1cc2ccccn2c1C(Nc1ccc(OC)cc1)P(=O)(OCC)OCC. The highest BCUT2D eigenvalue weighted by Crippen LogP contribution is 2.61. The number of rotatable bonds is 11. The lowest BCUT2D eigenvalue weighted by Gasteiger charge is -2.28. The normalized spacial score (nSPS) is 12.5. The Balaban J connectivity index is 2.22. The van der Waals surface area contributed by atoms with Crippen molar-refractivity contribution in [3.05, 3.63) is 66.0 Å². The summed E-state index contributed by atoms with van der Waals surface area (Å²) in [4.78, 5) is 12.9. The molecule has 9 heteroatoms. The average molecular weight is 460 g/mol. The van der Waals surface area contributed by atoms with E-state index in [9.17, 15) is 9.36 Å². The van der Waals surface area contributed by atoms with E-state index in [1.807, 2.05) is 18.2 Å². The van der Waals surface area contributed by atoms with Crippen LogP contribution in [-0.4, -0.2) is 37.3 Å². The number of hydrogen-bond donors (Lipinski definition) is 1. The number of carbonyl (C=O) groups excluding carboxylic acids is 1. The molecule has 0 aliphatic carbocycles. The van der Waals surface area contributed by atoms with Crippen molar-refractivity contribution in [1.82, 2.24) is 4.40 Å². The number of pyridine rings is 1. The molecule has 1 N–H and O–H groups in total. The van der Waals surface area contributed by atoms with E-state index in [-0.39, 0.29) is 19.8 Å². The van der Waals surface area contributed by atoms with Crippen LogP contribution in [0.2, 0.25) is 0 Å². The molecule has 2 aromatic heterocycles. The Morgan fingerprint density at radius 3 is 2.31 bits per heavy atom. The summed E-state index contributed by atoms with van der Waals surface area (Å²) in [6, 6.07) is 14.5. The van der Waals surface area contributed by atoms with Gasteiger partial charge in [-0.2, -0.15) is 0 Å². The summed E-state index contributed by atoms with van der Waals surface area (Å²) in [6.07, 6.45) is 1.80. The number of hydrogen-bond acceptors (Lipinski definition) is 7. The first kappa shape index (κ1) is 23.9. The summed E-state index contributed by atoms with van der Waals surface area (Å²) in [5, 5.41) is 3.28. The van der Waals surface area contributed by atoms with Gasteiger partial charge in [-0.1, -0.05) is 6.07 Å². The second-order valence-corrected chi connectivity index (χ2v) is 8.92. The molecule has 0 saturated heterocycles. The maximum atomic E-state index is 14.0. The zero-order valence-electron chi connectivity index (χ0n) is 18.7. The Morgan fingerprint density at radius 1 is 1.03 bits per heavy atom.